The number of nitrogens with zero attached hydrogens (tertiary/aromatic N) is 3. The Balaban J connectivity index is 1.72. The van der Waals surface area contributed by atoms with Crippen LogP contribution in [0.4, 0.5) is 11.4 Å². The van der Waals surface area contributed by atoms with E-state index in [-0.39, 0.29) is 11.4 Å². The molecule has 11 heteroatoms. The van der Waals surface area contributed by atoms with Crippen LogP contribution in [0.5, 0.6) is 11.5 Å². The zero-order valence-electron chi connectivity index (χ0n) is 16.4. The number of hydrogen-bond acceptors (Lipinski definition) is 8. The Kier molecular flexibility index (Phi) is 6.52. The van der Waals surface area contributed by atoms with Gasteiger partial charge in [-0.1, -0.05) is 23.9 Å². The van der Waals surface area contributed by atoms with Gasteiger partial charge in [0.1, 0.15) is 17.2 Å². The number of aromatic nitrogens is 3. The number of amides is 1. The number of H-pyrrole nitrogens is 1. The van der Waals surface area contributed by atoms with Crippen LogP contribution in [0.25, 0.3) is 11.4 Å². The van der Waals surface area contributed by atoms with Crippen LogP contribution in [0.2, 0.25) is 0 Å². The van der Waals surface area contributed by atoms with E-state index in [1.54, 1.807) is 45.4 Å². The highest BCUT2D eigenvalue weighted by Gasteiger charge is 2.21. The largest absolute Gasteiger partial charge is 0.497 e. The molecule has 0 aliphatic heterocycles. The van der Waals surface area contributed by atoms with Gasteiger partial charge >= 0.3 is 0 Å². The van der Waals surface area contributed by atoms with Crippen LogP contribution in [0.1, 0.15) is 6.92 Å². The second kappa shape index (κ2) is 9.27. The van der Waals surface area contributed by atoms with Crippen LogP contribution in [0.3, 0.4) is 0 Å². The fraction of sp³-hybridized carbons (Fsp3) is 0.211. The number of nitro groups is 1. The number of ether oxygens (including phenoxy) is 2. The molecular weight excluding hydrogens is 410 g/mol. The number of anilines is 1. The average Bonchev–Trinajstić information content (AvgIpc) is 3.21. The van der Waals surface area contributed by atoms with Gasteiger partial charge in [-0.3, -0.25) is 20.0 Å². The minimum atomic E-state index is -0.591. The van der Waals surface area contributed by atoms with Crippen molar-refractivity contribution in [2.75, 3.05) is 19.5 Å². The van der Waals surface area contributed by atoms with Crippen molar-refractivity contribution in [2.24, 2.45) is 0 Å². The van der Waals surface area contributed by atoms with Gasteiger partial charge in [0.2, 0.25) is 11.1 Å². The maximum atomic E-state index is 12.5. The first-order valence-corrected chi connectivity index (χ1v) is 9.66. The number of rotatable bonds is 8. The molecule has 2 aromatic carbocycles. The van der Waals surface area contributed by atoms with E-state index < -0.39 is 16.1 Å². The van der Waals surface area contributed by atoms with Crippen molar-refractivity contribution >= 4 is 29.0 Å². The Bertz CT molecular complexity index is 1070. The quantitative estimate of drug-likeness (QED) is 0.316. The molecule has 0 fully saturated rings. The number of nitro benzene ring substituents is 1. The van der Waals surface area contributed by atoms with E-state index in [9.17, 15) is 14.9 Å². The summed E-state index contributed by atoms with van der Waals surface area (Å²) >= 11 is 1.12. The molecule has 0 saturated carbocycles. The molecule has 30 heavy (non-hydrogen) atoms. The molecule has 0 aliphatic carbocycles. The minimum absolute atomic E-state index is 0.138. The SMILES string of the molecule is COc1ccc(-c2nc(SC(C)C(=O)Nc3ccccc3[N+](=O)[O-])n[nH]2)c(OC)c1. The molecule has 0 aliphatic rings. The van der Waals surface area contributed by atoms with E-state index in [0.717, 1.165) is 11.8 Å². The fourth-order valence-corrected chi connectivity index (χ4v) is 3.32. The molecule has 0 radical (unpaired) electrons. The molecule has 0 saturated heterocycles. The number of methoxy groups -OCH3 is 2. The first-order chi connectivity index (χ1) is 14.4. The Morgan fingerprint density at radius 1 is 1.23 bits per heavy atom. The molecule has 3 rings (SSSR count). The van der Waals surface area contributed by atoms with Crippen molar-refractivity contribution in [1.82, 2.24) is 15.2 Å². The van der Waals surface area contributed by atoms with Gasteiger partial charge in [-0.25, -0.2) is 4.98 Å². The number of aromatic amines is 1. The Morgan fingerprint density at radius 3 is 2.70 bits per heavy atom. The van der Waals surface area contributed by atoms with Gasteiger partial charge < -0.3 is 14.8 Å². The van der Waals surface area contributed by atoms with E-state index in [1.807, 2.05) is 0 Å². The molecule has 3 aromatic rings. The summed E-state index contributed by atoms with van der Waals surface area (Å²) in [5, 5.41) is 20.4. The van der Waals surface area contributed by atoms with Gasteiger partial charge in [0.25, 0.3) is 5.69 Å². The van der Waals surface area contributed by atoms with Crippen LogP contribution < -0.4 is 14.8 Å². The van der Waals surface area contributed by atoms with Crippen molar-refractivity contribution in [3.63, 3.8) is 0 Å². The number of nitrogens with one attached hydrogen (secondary N) is 2. The number of hydrogen-bond donors (Lipinski definition) is 2. The third-order valence-corrected chi connectivity index (χ3v) is 5.10. The topological polar surface area (TPSA) is 132 Å². The maximum absolute atomic E-state index is 12.5. The van der Waals surface area contributed by atoms with Crippen molar-refractivity contribution in [3.8, 4) is 22.9 Å². The van der Waals surface area contributed by atoms with Gasteiger partial charge in [0, 0.05) is 12.1 Å². The standard InChI is InChI=1S/C19H19N5O5S/c1-11(18(25)20-14-6-4-5-7-15(14)24(26)27)30-19-21-17(22-23-19)13-9-8-12(28-2)10-16(13)29-3/h4-11H,1-3H3,(H,20,25)(H,21,22,23). The second-order valence-electron chi connectivity index (χ2n) is 6.06. The van der Waals surface area contributed by atoms with Crippen LogP contribution in [0.15, 0.2) is 47.6 Å². The van der Waals surface area contributed by atoms with E-state index in [0.29, 0.717) is 28.0 Å². The van der Waals surface area contributed by atoms with Crippen LogP contribution in [-0.2, 0) is 4.79 Å². The fourth-order valence-electron chi connectivity index (χ4n) is 2.60. The smallest absolute Gasteiger partial charge is 0.292 e. The summed E-state index contributed by atoms with van der Waals surface area (Å²) in [5.74, 6) is 1.28. The summed E-state index contributed by atoms with van der Waals surface area (Å²) in [6.45, 7) is 1.67. The van der Waals surface area contributed by atoms with E-state index in [1.165, 1.54) is 18.2 Å². The highest BCUT2D eigenvalue weighted by Crippen LogP contribution is 2.32. The molecule has 1 heterocycles. The lowest BCUT2D eigenvalue weighted by atomic mass is 10.2. The summed E-state index contributed by atoms with van der Waals surface area (Å²) < 4.78 is 10.6. The van der Waals surface area contributed by atoms with Gasteiger partial charge in [0.15, 0.2) is 5.82 Å². The maximum Gasteiger partial charge on any atom is 0.292 e. The van der Waals surface area contributed by atoms with Gasteiger partial charge in [-0.2, -0.15) is 0 Å². The number of carbonyl (C=O) groups excluding carboxylic acids is 1. The summed E-state index contributed by atoms with van der Waals surface area (Å²) in [7, 11) is 3.10. The molecule has 156 valence electrons. The highest BCUT2D eigenvalue weighted by atomic mass is 32.2. The molecule has 1 amide bonds. The Labute approximate surface area is 176 Å². The Morgan fingerprint density at radius 2 is 2.00 bits per heavy atom. The number of benzene rings is 2. The predicted molar refractivity (Wildman–Crippen MR) is 112 cm³/mol. The van der Waals surface area contributed by atoms with Crippen molar-refractivity contribution in [1.29, 1.82) is 0 Å². The van der Waals surface area contributed by atoms with Crippen LogP contribution >= 0.6 is 11.8 Å². The van der Waals surface area contributed by atoms with Gasteiger partial charge in [0.05, 0.1) is 30.0 Å². The molecule has 1 atom stereocenters. The van der Waals surface area contributed by atoms with Gasteiger partial charge in [-0.15, -0.1) is 5.10 Å². The summed E-state index contributed by atoms with van der Waals surface area (Å²) in [5.41, 5.74) is 0.656. The number of para-hydroxylation sites is 2. The zero-order chi connectivity index (χ0) is 21.7. The normalized spacial score (nSPS) is 11.6. The average molecular weight is 429 g/mol. The minimum Gasteiger partial charge on any atom is -0.497 e. The summed E-state index contributed by atoms with van der Waals surface area (Å²) in [6.07, 6.45) is 0. The lowest BCUT2D eigenvalue weighted by Crippen LogP contribution is -2.23. The van der Waals surface area contributed by atoms with E-state index >= 15 is 0 Å². The number of carbonyl (C=O) groups is 1. The van der Waals surface area contributed by atoms with Crippen molar-refractivity contribution in [3.05, 3.63) is 52.6 Å². The monoisotopic (exact) mass is 429 g/mol. The molecule has 0 spiro atoms. The van der Waals surface area contributed by atoms with E-state index in [2.05, 4.69) is 20.5 Å². The van der Waals surface area contributed by atoms with E-state index in [4.69, 9.17) is 9.47 Å². The molecule has 10 nitrogen and oxygen atoms in total. The van der Waals surface area contributed by atoms with Gasteiger partial charge in [-0.05, 0) is 25.1 Å². The lowest BCUT2D eigenvalue weighted by molar-refractivity contribution is -0.383. The first-order valence-electron chi connectivity index (χ1n) is 8.78. The summed E-state index contributed by atoms with van der Waals surface area (Å²) in [6, 6.07) is 11.3. The molecule has 0 bridgehead atoms. The zero-order valence-corrected chi connectivity index (χ0v) is 17.2. The third-order valence-electron chi connectivity index (χ3n) is 4.14. The summed E-state index contributed by atoms with van der Waals surface area (Å²) in [4.78, 5) is 27.4. The van der Waals surface area contributed by atoms with Crippen molar-refractivity contribution < 1.29 is 19.2 Å². The number of thioether (sulfide) groups is 1. The molecule has 2 N–H and O–H groups in total. The first kappa shape index (κ1) is 21.1. The Hall–Kier alpha value is -3.60. The molecular formula is C19H19N5O5S. The van der Waals surface area contributed by atoms with Crippen molar-refractivity contribution in [2.45, 2.75) is 17.3 Å². The molecule has 1 aromatic heterocycles. The molecule has 1 unspecified atom stereocenters. The highest BCUT2D eigenvalue weighted by molar-refractivity contribution is 8.00. The lowest BCUT2D eigenvalue weighted by Gasteiger charge is -2.10. The second-order valence-corrected chi connectivity index (χ2v) is 7.36. The van der Waals surface area contributed by atoms with Crippen LogP contribution in [0, 0.1) is 10.1 Å². The van der Waals surface area contributed by atoms with Crippen LogP contribution in [-0.4, -0.2) is 45.5 Å². The third kappa shape index (κ3) is 4.69. The predicted octanol–water partition coefficient (Wildman–Crippen LogP) is 3.52.